The fourth-order valence-electron chi connectivity index (χ4n) is 2.88. The number of carbonyl (C=O) groups is 1. The molecule has 13 heteroatoms. The summed E-state index contributed by atoms with van der Waals surface area (Å²) in [6.07, 6.45) is 1.17. The number of rotatable bonds is 11. The Morgan fingerprint density at radius 3 is 2.29 bits per heavy atom. The molecule has 0 aliphatic heterocycles. The molecular weight excluding hydrogens is 478 g/mol. The number of aromatic carboxylic acids is 1. The van der Waals surface area contributed by atoms with Gasteiger partial charge in [0, 0.05) is 32.0 Å². The summed E-state index contributed by atoms with van der Waals surface area (Å²) in [7, 11) is 0.695. The van der Waals surface area contributed by atoms with Gasteiger partial charge in [-0.05, 0) is 38.7 Å². The zero-order valence-corrected chi connectivity index (χ0v) is 20.9. The average Bonchev–Trinajstić information content (AvgIpc) is 3.12. The van der Waals surface area contributed by atoms with Crippen LogP contribution in [0.4, 0.5) is 22.7 Å². The van der Waals surface area contributed by atoms with Gasteiger partial charge in [0.2, 0.25) is 5.95 Å². The van der Waals surface area contributed by atoms with Crippen molar-refractivity contribution in [3.63, 3.8) is 0 Å². The predicted molar refractivity (Wildman–Crippen MR) is 133 cm³/mol. The molecular formula is C21H27N7O4S2. The van der Waals surface area contributed by atoms with Gasteiger partial charge in [-0.25, -0.2) is 18.2 Å². The summed E-state index contributed by atoms with van der Waals surface area (Å²) < 4.78 is 23.3. The third-order valence-electron chi connectivity index (χ3n) is 4.63. The molecule has 2 aromatic heterocycles. The molecule has 0 atom stereocenters. The fourth-order valence-corrected chi connectivity index (χ4v) is 4.31. The number of carboxylic acids is 1. The van der Waals surface area contributed by atoms with Crippen LogP contribution in [0, 0.1) is 6.92 Å². The first-order valence-corrected chi connectivity index (χ1v) is 13.0. The maximum absolute atomic E-state index is 11.7. The second kappa shape index (κ2) is 10.8. The summed E-state index contributed by atoms with van der Waals surface area (Å²) >= 11 is 1.01. The van der Waals surface area contributed by atoms with Gasteiger partial charge in [-0.15, -0.1) is 0 Å². The number of likely N-dealkylation sites (N-methyl/N-ethyl adjacent to an activating group) is 1. The van der Waals surface area contributed by atoms with Crippen molar-refractivity contribution in [1.82, 2.24) is 19.9 Å². The third kappa shape index (κ3) is 7.10. The molecule has 0 amide bonds. The van der Waals surface area contributed by atoms with Gasteiger partial charge < -0.3 is 20.6 Å². The zero-order chi connectivity index (χ0) is 24.9. The topological polar surface area (TPSA) is 149 Å². The van der Waals surface area contributed by atoms with Gasteiger partial charge in [0.1, 0.15) is 16.5 Å². The molecule has 0 aliphatic carbocycles. The van der Waals surface area contributed by atoms with Crippen LogP contribution in [0.5, 0.6) is 0 Å². The van der Waals surface area contributed by atoms with Crippen molar-refractivity contribution in [1.29, 1.82) is 0 Å². The van der Waals surface area contributed by atoms with Crippen LogP contribution in [0.3, 0.4) is 0 Å². The van der Waals surface area contributed by atoms with Crippen LogP contribution < -0.4 is 16.0 Å². The summed E-state index contributed by atoms with van der Waals surface area (Å²) in [4.78, 5) is 26.9. The predicted octanol–water partition coefficient (Wildman–Crippen LogP) is 2.67. The molecule has 34 heavy (non-hydrogen) atoms. The minimum Gasteiger partial charge on any atom is -0.477 e. The summed E-state index contributed by atoms with van der Waals surface area (Å²) in [5.74, 6) is 0.340. The Balaban J connectivity index is 1.79. The Bertz CT molecular complexity index is 1260. The van der Waals surface area contributed by atoms with Crippen LogP contribution in [0.25, 0.3) is 0 Å². The number of hydrogen-bond acceptors (Lipinski definition) is 11. The minimum atomic E-state index is -3.25. The van der Waals surface area contributed by atoms with E-state index in [0.717, 1.165) is 23.4 Å². The van der Waals surface area contributed by atoms with Crippen molar-refractivity contribution in [2.45, 2.75) is 18.4 Å². The molecule has 2 heterocycles. The molecule has 11 nitrogen and oxygen atoms in total. The second-order valence-electron chi connectivity index (χ2n) is 7.83. The Labute approximate surface area is 202 Å². The molecule has 0 saturated carbocycles. The van der Waals surface area contributed by atoms with Crippen molar-refractivity contribution in [3.8, 4) is 0 Å². The number of nitrogens with one attached hydrogen (secondary N) is 3. The highest BCUT2D eigenvalue weighted by molar-refractivity contribution is 7.90. The largest absolute Gasteiger partial charge is 0.477 e. The lowest BCUT2D eigenvalue weighted by molar-refractivity contribution is 0.0701. The number of carboxylic acid groups (broad SMARTS) is 1. The Morgan fingerprint density at radius 1 is 1.09 bits per heavy atom. The maximum Gasteiger partial charge on any atom is 0.347 e. The van der Waals surface area contributed by atoms with Gasteiger partial charge in [-0.3, -0.25) is 5.32 Å². The summed E-state index contributed by atoms with van der Waals surface area (Å²) in [5, 5.41) is 19.1. The van der Waals surface area contributed by atoms with E-state index in [1.165, 1.54) is 6.26 Å². The molecule has 0 aliphatic rings. The van der Waals surface area contributed by atoms with Crippen LogP contribution in [-0.4, -0.2) is 72.8 Å². The smallest absolute Gasteiger partial charge is 0.347 e. The first-order valence-electron chi connectivity index (χ1n) is 10.3. The third-order valence-corrected chi connectivity index (χ3v) is 6.82. The van der Waals surface area contributed by atoms with Crippen molar-refractivity contribution < 1.29 is 18.3 Å². The van der Waals surface area contributed by atoms with Gasteiger partial charge in [-0.1, -0.05) is 23.5 Å². The standard InChI is InChI=1S/C21H27N7O4S2/c1-13-18(19(29)30)33-21(24-13)27-20-25-16(22-9-10-28(2)3)11-17(26-20)23-12-14-5-7-15(8-6-14)34(4,31)32/h5-8,11H,9-10,12H2,1-4H3,(H,29,30)(H3,22,23,24,25,26,27). The van der Waals surface area contributed by atoms with Crippen molar-refractivity contribution in [2.24, 2.45) is 0 Å². The maximum atomic E-state index is 11.7. The second-order valence-corrected chi connectivity index (χ2v) is 10.8. The molecule has 0 spiro atoms. The SMILES string of the molecule is Cc1nc(Nc2nc(NCCN(C)C)cc(NCc3ccc(S(C)(=O)=O)cc3)n2)sc1C(=O)O. The molecule has 4 N–H and O–H groups in total. The Kier molecular flexibility index (Phi) is 8.02. The number of thiazole rings is 1. The van der Waals surface area contributed by atoms with Crippen molar-refractivity contribution in [2.75, 3.05) is 49.4 Å². The van der Waals surface area contributed by atoms with E-state index in [2.05, 4.69) is 30.9 Å². The number of sulfone groups is 1. The fraction of sp³-hybridized carbons (Fsp3) is 0.333. The normalized spacial score (nSPS) is 11.4. The number of anilines is 4. The average molecular weight is 506 g/mol. The lowest BCUT2D eigenvalue weighted by atomic mass is 10.2. The number of hydrogen-bond donors (Lipinski definition) is 4. The number of aryl methyl sites for hydroxylation is 1. The van der Waals surface area contributed by atoms with Crippen molar-refractivity contribution in [3.05, 3.63) is 46.5 Å². The monoisotopic (exact) mass is 505 g/mol. The molecule has 0 bridgehead atoms. The quantitative estimate of drug-likeness (QED) is 0.305. The molecule has 0 fully saturated rings. The van der Waals surface area contributed by atoms with E-state index in [1.807, 2.05) is 19.0 Å². The van der Waals surface area contributed by atoms with E-state index >= 15 is 0 Å². The zero-order valence-electron chi connectivity index (χ0n) is 19.3. The molecule has 0 unspecified atom stereocenters. The lowest BCUT2D eigenvalue weighted by Crippen LogP contribution is -2.21. The first-order chi connectivity index (χ1) is 16.0. The van der Waals surface area contributed by atoms with E-state index in [9.17, 15) is 18.3 Å². The summed E-state index contributed by atoms with van der Waals surface area (Å²) in [5.41, 5.74) is 1.29. The van der Waals surface area contributed by atoms with Crippen molar-refractivity contribution >= 4 is 49.9 Å². The molecule has 1 aromatic carbocycles. The molecule has 3 rings (SSSR count). The van der Waals surface area contributed by atoms with E-state index < -0.39 is 15.8 Å². The van der Waals surface area contributed by atoms with Crippen LogP contribution >= 0.6 is 11.3 Å². The summed E-state index contributed by atoms with van der Waals surface area (Å²) in [6, 6.07) is 8.38. The molecule has 3 aromatic rings. The van der Waals surface area contributed by atoms with E-state index in [4.69, 9.17) is 0 Å². The number of nitrogens with zero attached hydrogens (tertiary/aromatic N) is 4. The highest BCUT2D eigenvalue weighted by atomic mass is 32.2. The number of aromatic nitrogens is 3. The van der Waals surface area contributed by atoms with E-state index in [1.54, 1.807) is 37.3 Å². The highest BCUT2D eigenvalue weighted by Gasteiger charge is 2.15. The molecule has 182 valence electrons. The first kappa shape index (κ1) is 25.3. The van der Waals surface area contributed by atoms with Crippen LogP contribution in [0.15, 0.2) is 35.2 Å². The summed E-state index contributed by atoms with van der Waals surface area (Å²) in [6.45, 7) is 3.51. The van der Waals surface area contributed by atoms with Crippen LogP contribution in [-0.2, 0) is 16.4 Å². The minimum absolute atomic E-state index is 0.152. The number of benzene rings is 1. The van der Waals surface area contributed by atoms with Gasteiger partial charge in [0.25, 0.3) is 0 Å². The lowest BCUT2D eigenvalue weighted by Gasteiger charge is -2.13. The molecule has 0 saturated heterocycles. The van der Waals surface area contributed by atoms with Gasteiger partial charge in [-0.2, -0.15) is 9.97 Å². The van der Waals surface area contributed by atoms with Crippen LogP contribution in [0.2, 0.25) is 0 Å². The van der Waals surface area contributed by atoms with E-state index in [-0.39, 0.29) is 15.7 Å². The van der Waals surface area contributed by atoms with Gasteiger partial charge >= 0.3 is 5.97 Å². The Hall–Kier alpha value is -3.29. The highest BCUT2D eigenvalue weighted by Crippen LogP contribution is 2.26. The van der Waals surface area contributed by atoms with Gasteiger partial charge in [0.05, 0.1) is 10.6 Å². The molecule has 0 radical (unpaired) electrons. The van der Waals surface area contributed by atoms with E-state index in [0.29, 0.717) is 35.6 Å². The van der Waals surface area contributed by atoms with Crippen LogP contribution in [0.1, 0.15) is 20.9 Å². The Morgan fingerprint density at radius 2 is 1.74 bits per heavy atom. The van der Waals surface area contributed by atoms with Gasteiger partial charge in [0.15, 0.2) is 15.0 Å².